The van der Waals surface area contributed by atoms with Crippen molar-refractivity contribution < 1.29 is 9.21 Å². The highest BCUT2D eigenvalue weighted by Crippen LogP contribution is 2.26. The number of hydrogen-bond acceptors (Lipinski definition) is 5. The molecule has 0 atom stereocenters. The van der Waals surface area contributed by atoms with Gasteiger partial charge in [0.1, 0.15) is 0 Å². The molecule has 0 aliphatic carbocycles. The lowest BCUT2D eigenvalue weighted by Crippen LogP contribution is -2.09. The number of nitrogens with zero attached hydrogens (tertiary/aromatic N) is 3. The maximum absolute atomic E-state index is 12.3. The zero-order chi connectivity index (χ0) is 16.9. The van der Waals surface area contributed by atoms with Gasteiger partial charge in [-0.05, 0) is 18.1 Å². The highest BCUT2D eigenvalue weighted by atomic mass is 32.2. The van der Waals surface area contributed by atoms with Crippen molar-refractivity contribution in [3.63, 3.8) is 0 Å². The van der Waals surface area contributed by atoms with Crippen LogP contribution in [-0.4, -0.2) is 26.3 Å². The number of ketones is 1. The van der Waals surface area contributed by atoms with Crippen LogP contribution >= 0.6 is 11.8 Å². The fraction of sp³-hybridized carbons (Fsp3) is 0.278. The molecule has 1 aromatic carbocycles. The summed E-state index contributed by atoms with van der Waals surface area (Å²) in [6.45, 7) is 5.04. The number of furan rings is 1. The van der Waals surface area contributed by atoms with Gasteiger partial charge in [-0.2, -0.15) is 0 Å². The fourth-order valence-corrected chi connectivity index (χ4v) is 3.19. The zero-order valence-electron chi connectivity index (χ0n) is 13.7. The second-order valence-electron chi connectivity index (χ2n) is 5.87. The number of aromatic nitrogens is 3. The van der Waals surface area contributed by atoms with Gasteiger partial charge in [-0.15, -0.1) is 10.2 Å². The second kappa shape index (κ2) is 7.49. The Morgan fingerprint density at radius 1 is 1.17 bits per heavy atom. The van der Waals surface area contributed by atoms with Gasteiger partial charge in [0.2, 0.25) is 0 Å². The van der Waals surface area contributed by atoms with Crippen LogP contribution in [0.2, 0.25) is 0 Å². The Morgan fingerprint density at radius 3 is 2.62 bits per heavy atom. The summed E-state index contributed by atoms with van der Waals surface area (Å²) in [7, 11) is 0. The Balaban J connectivity index is 1.79. The van der Waals surface area contributed by atoms with Crippen molar-refractivity contribution in [1.29, 1.82) is 0 Å². The van der Waals surface area contributed by atoms with Crippen LogP contribution in [0.3, 0.4) is 0 Å². The SMILES string of the molecule is CC(C)Cn1c(SCC(=O)c2ccccc2)nnc1-c1ccco1. The molecule has 0 aliphatic heterocycles. The second-order valence-corrected chi connectivity index (χ2v) is 6.81. The van der Waals surface area contributed by atoms with Gasteiger partial charge in [-0.25, -0.2) is 0 Å². The third-order valence-corrected chi connectivity index (χ3v) is 4.40. The smallest absolute Gasteiger partial charge is 0.200 e. The minimum absolute atomic E-state index is 0.0826. The van der Waals surface area contributed by atoms with Gasteiger partial charge in [-0.3, -0.25) is 9.36 Å². The summed E-state index contributed by atoms with van der Waals surface area (Å²) in [5, 5.41) is 9.24. The molecule has 5 nitrogen and oxygen atoms in total. The molecule has 0 radical (unpaired) electrons. The van der Waals surface area contributed by atoms with Crippen molar-refractivity contribution in [2.75, 3.05) is 5.75 Å². The Morgan fingerprint density at radius 2 is 1.96 bits per heavy atom. The molecule has 0 spiro atoms. The van der Waals surface area contributed by atoms with Crippen LogP contribution in [-0.2, 0) is 6.54 Å². The third kappa shape index (κ3) is 3.76. The molecule has 2 aromatic heterocycles. The van der Waals surface area contributed by atoms with Crippen LogP contribution in [0.4, 0.5) is 0 Å². The van der Waals surface area contributed by atoms with Gasteiger partial charge in [-0.1, -0.05) is 55.9 Å². The molecule has 0 bridgehead atoms. The van der Waals surface area contributed by atoms with E-state index in [2.05, 4.69) is 24.0 Å². The molecular weight excluding hydrogens is 322 g/mol. The molecular formula is C18H19N3O2S. The third-order valence-electron chi connectivity index (χ3n) is 3.43. The van der Waals surface area contributed by atoms with Gasteiger partial charge in [0.05, 0.1) is 12.0 Å². The molecule has 0 amide bonds. The molecule has 0 unspecified atom stereocenters. The van der Waals surface area contributed by atoms with Gasteiger partial charge >= 0.3 is 0 Å². The molecule has 0 N–H and O–H groups in total. The van der Waals surface area contributed by atoms with E-state index in [9.17, 15) is 4.79 Å². The highest BCUT2D eigenvalue weighted by Gasteiger charge is 2.18. The number of Topliss-reactive ketones (excluding diaryl/α,β-unsaturated/α-hetero) is 1. The quantitative estimate of drug-likeness (QED) is 0.477. The summed E-state index contributed by atoms with van der Waals surface area (Å²) >= 11 is 1.41. The molecule has 0 saturated heterocycles. The number of rotatable bonds is 7. The fourth-order valence-electron chi connectivity index (χ4n) is 2.35. The lowest BCUT2D eigenvalue weighted by molar-refractivity contribution is 0.102. The molecule has 3 rings (SSSR count). The Labute approximate surface area is 145 Å². The first-order valence-electron chi connectivity index (χ1n) is 7.83. The number of hydrogen-bond donors (Lipinski definition) is 0. The molecule has 0 saturated carbocycles. The summed E-state index contributed by atoms with van der Waals surface area (Å²) in [4.78, 5) is 12.3. The molecule has 0 fully saturated rings. The van der Waals surface area contributed by atoms with Gasteiger partial charge in [0, 0.05) is 12.1 Å². The van der Waals surface area contributed by atoms with E-state index in [-0.39, 0.29) is 5.78 Å². The van der Waals surface area contributed by atoms with Crippen LogP contribution in [0.1, 0.15) is 24.2 Å². The van der Waals surface area contributed by atoms with Crippen molar-refractivity contribution in [3.05, 3.63) is 54.3 Å². The van der Waals surface area contributed by atoms with Crippen molar-refractivity contribution in [2.45, 2.75) is 25.5 Å². The van der Waals surface area contributed by atoms with Gasteiger partial charge < -0.3 is 4.42 Å². The van der Waals surface area contributed by atoms with Crippen LogP contribution in [0.15, 0.2) is 58.3 Å². The predicted octanol–water partition coefficient (Wildman–Crippen LogP) is 4.17. The average molecular weight is 341 g/mol. The minimum atomic E-state index is 0.0826. The van der Waals surface area contributed by atoms with Crippen molar-refractivity contribution >= 4 is 17.5 Å². The van der Waals surface area contributed by atoms with E-state index in [0.717, 1.165) is 11.7 Å². The minimum Gasteiger partial charge on any atom is -0.461 e. The molecule has 6 heteroatoms. The molecule has 24 heavy (non-hydrogen) atoms. The topological polar surface area (TPSA) is 60.9 Å². The van der Waals surface area contributed by atoms with Crippen LogP contribution < -0.4 is 0 Å². The first-order valence-corrected chi connectivity index (χ1v) is 8.82. The Bertz CT molecular complexity index is 795. The zero-order valence-corrected chi connectivity index (χ0v) is 14.5. The van der Waals surface area contributed by atoms with Crippen molar-refractivity contribution in [2.24, 2.45) is 5.92 Å². The lowest BCUT2D eigenvalue weighted by Gasteiger charge is -2.11. The molecule has 124 valence electrons. The average Bonchev–Trinajstić information content (AvgIpc) is 3.23. The summed E-state index contributed by atoms with van der Waals surface area (Å²) < 4.78 is 7.47. The van der Waals surface area contributed by atoms with Gasteiger partial charge in [0.15, 0.2) is 22.5 Å². The molecule has 3 aromatic rings. The molecule has 0 aliphatic rings. The highest BCUT2D eigenvalue weighted by molar-refractivity contribution is 7.99. The lowest BCUT2D eigenvalue weighted by atomic mass is 10.2. The Kier molecular flexibility index (Phi) is 5.15. The first kappa shape index (κ1) is 16.5. The van der Waals surface area contributed by atoms with Crippen LogP contribution in [0.25, 0.3) is 11.6 Å². The maximum Gasteiger partial charge on any atom is 0.200 e. The van der Waals surface area contributed by atoms with E-state index in [1.165, 1.54) is 11.8 Å². The first-order chi connectivity index (χ1) is 11.6. The number of benzene rings is 1. The monoisotopic (exact) mass is 341 g/mol. The normalized spacial score (nSPS) is 11.1. The summed E-state index contributed by atoms with van der Waals surface area (Å²) in [6, 6.07) is 13.0. The van der Waals surface area contributed by atoms with E-state index >= 15 is 0 Å². The summed E-state index contributed by atoms with van der Waals surface area (Å²) in [5.41, 5.74) is 0.714. The Hall–Kier alpha value is -2.34. The predicted molar refractivity (Wildman–Crippen MR) is 94.1 cm³/mol. The van der Waals surface area contributed by atoms with Crippen LogP contribution in [0, 0.1) is 5.92 Å². The molecule has 2 heterocycles. The van der Waals surface area contributed by atoms with Gasteiger partial charge in [0.25, 0.3) is 0 Å². The number of carbonyl (C=O) groups is 1. The van der Waals surface area contributed by atoms with Crippen molar-refractivity contribution in [3.8, 4) is 11.6 Å². The van der Waals surface area contributed by atoms with E-state index in [0.29, 0.717) is 28.8 Å². The maximum atomic E-state index is 12.3. The van der Waals surface area contributed by atoms with E-state index in [1.54, 1.807) is 6.26 Å². The largest absolute Gasteiger partial charge is 0.461 e. The van der Waals surface area contributed by atoms with E-state index in [4.69, 9.17) is 4.42 Å². The summed E-state index contributed by atoms with van der Waals surface area (Å²) in [6.07, 6.45) is 1.62. The standard InChI is InChI=1S/C18H19N3O2S/c1-13(2)11-21-17(16-9-6-10-23-16)19-20-18(21)24-12-15(22)14-7-4-3-5-8-14/h3-10,13H,11-12H2,1-2H3. The van der Waals surface area contributed by atoms with E-state index < -0.39 is 0 Å². The van der Waals surface area contributed by atoms with Crippen molar-refractivity contribution in [1.82, 2.24) is 14.8 Å². The van der Waals surface area contributed by atoms with E-state index in [1.807, 2.05) is 47.0 Å². The van der Waals surface area contributed by atoms with Crippen LogP contribution in [0.5, 0.6) is 0 Å². The summed E-state index contributed by atoms with van der Waals surface area (Å²) in [5.74, 6) is 2.23. The number of thioether (sulfide) groups is 1. The number of carbonyl (C=O) groups excluding carboxylic acids is 1.